The molecule has 0 saturated heterocycles. The first kappa shape index (κ1) is 20.1. The number of carbonyl (C=O) groups excluding carboxylic acids is 1. The molecule has 26 heavy (non-hydrogen) atoms. The van der Waals surface area contributed by atoms with Gasteiger partial charge in [-0.05, 0) is 56.2 Å². The fraction of sp³-hybridized carbons (Fsp3) is 0.409. The molecule has 0 aromatic heterocycles. The Hall–Kier alpha value is -2.17. The molecule has 0 radical (unpaired) electrons. The minimum Gasteiger partial charge on any atom is -0.352 e. The van der Waals surface area contributed by atoms with Crippen LogP contribution in [0.5, 0.6) is 0 Å². The first-order chi connectivity index (χ1) is 12.7. The third-order valence-electron chi connectivity index (χ3n) is 4.65. The maximum absolute atomic E-state index is 12.4. The highest BCUT2D eigenvalue weighted by molar-refractivity contribution is 5.81. The minimum absolute atomic E-state index is 0.0652. The second-order valence-electron chi connectivity index (χ2n) is 6.79. The molecule has 0 bridgehead atoms. The fourth-order valence-electron chi connectivity index (χ4n) is 3.04. The van der Waals surface area contributed by atoms with Crippen molar-refractivity contribution < 1.29 is 4.79 Å². The summed E-state index contributed by atoms with van der Waals surface area (Å²) in [6, 6.07) is 20.4. The van der Waals surface area contributed by atoms with E-state index in [4.69, 9.17) is 11.5 Å². The van der Waals surface area contributed by atoms with Gasteiger partial charge in [-0.1, -0.05) is 60.7 Å². The van der Waals surface area contributed by atoms with E-state index in [9.17, 15) is 4.79 Å². The van der Waals surface area contributed by atoms with Gasteiger partial charge in [-0.15, -0.1) is 0 Å². The van der Waals surface area contributed by atoms with Crippen LogP contribution in [0.15, 0.2) is 60.7 Å². The Morgan fingerprint density at radius 3 is 1.81 bits per heavy atom. The third-order valence-corrected chi connectivity index (χ3v) is 4.65. The molecule has 0 aliphatic rings. The van der Waals surface area contributed by atoms with Crippen LogP contribution in [0.3, 0.4) is 0 Å². The molecule has 4 nitrogen and oxygen atoms in total. The molecule has 2 aromatic rings. The molecule has 0 aliphatic heterocycles. The molecule has 0 aliphatic carbocycles. The molecule has 1 amide bonds. The lowest BCUT2D eigenvalue weighted by atomic mass is 9.98. The summed E-state index contributed by atoms with van der Waals surface area (Å²) in [6.07, 6.45) is 5.11. The van der Waals surface area contributed by atoms with Crippen molar-refractivity contribution in [2.75, 3.05) is 6.54 Å². The fourth-order valence-corrected chi connectivity index (χ4v) is 3.04. The van der Waals surface area contributed by atoms with Gasteiger partial charge in [-0.3, -0.25) is 4.79 Å². The SMILES string of the molecule is NCCC[C@H](N)C(=O)NC(CCc1ccccc1)CCc1ccccc1. The predicted octanol–water partition coefficient (Wildman–Crippen LogP) is 2.80. The Morgan fingerprint density at radius 2 is 1.35 bits per heavy atom. The molecular weight excluding hydrogens is 322 g/mol. The number of amides is 1. The molecule has 0 spiro atoms. The van der Waals surface area contributed by atoms with Crippen molar-refractivity contribution in [1.29, 1.82) is 0 Å². The van der Waals surface area contributed by atoms with Crippen LogP contribution in [-0.2, 0) is 17.6 Å². The van der Waals surface area contributed by atoms with E-state index in [0.717, 1.165) is 32.1 Å². The highest BCUT2D eigenvalue weighted by atomic mass is 16.2. The van der Waals surface area contributed by atoms with Crippen LogP contribution in [0.4, 0.5) is 0 Å². The maximum Gasteiger partial charge on any atom is 0.237 e. The van der Waals surface area contributed by atoms with Crippen molar-refractivity contribution in [1.82, 2.24) is 5.32 Å². The van der Waals surface area contributed by atoms with Gasteiger partial charge in [0.05, 0.1) is 6.04 Å². The average molecular weight is 354 g/mol. The van der Waals surface area contributed by atoms with E-state index in [1.807, 2.05) is 12.1 Å². The zero-order chi connectivity index (χ0) is 18.6. The molecule has 1 atom stereocenters. The highest BCUT2D eigenvalue weighted by Crippen LogP contribution is 2.12. The van der Waals surface area contributed by atoms with Crippen LogP contribution in [0.2, 0.25) is 0 Å². The van der Waals surface area contributed by atoms with Gasteiger partial charge < -0.3 is 16.8 Å². The lowest BCUT2D eigenvalue weighted by Crippen LogP contribution is -2.45. The summed E-state index contributed by atoms with van der Waals surface area (Å²) in [4.78, 5) is 12.4. The number of nitrogens with two attached hydrogens (primary N) is 2. The van der Waals surface area contributed by atoms with Gasteiger partial charge in [-0.2, -0.15) is 0 Å². The van der Waals surface area contributed by atoms with Gasteiger partial charge in [0.2, 0.25) is 5.91 Å². The molecule has 0 saturated carbocycles. The number of rotatable bonds is 11. The smallest absolute Gasteiger partial charge is 0.237 e. The number of aryl methyl sites for hydroxylation is 2. The van der Waals surface area contributed by atoms with Gasteiger partial charge in [0, 0.05) is 6.04 Å². The summed E-state index contributed by atoms with van der Waals surface area (Å²) in [6.45, 7) is 0.562. The lowest BCUT2D eigenvalue weighted by molar-refractivity contribution is -0.123. The number of carbonyl (C=O) groups is 1. The van der Waals surface area contributed by atoms with E-state index in [0.29, 0.717) is 13.0 Å². The Kier molecular flexibility index (Phi) is 8.87. The van der Waals surface area contributed by atoms with Gasteiger partial charge >= 0.3 is 0 Å². The second kappa shape index (κ2) is 11.4. The zero-order valence-corrected chi connectivity index (χ0v) is 15.4. The second-order valence-corrected chi connectivity index (χ2v) is 6.79. The van der Waals surface area contributed by atoms with Gasteiger partial charge in [0.15, 0.2) is 0 Å². The molecular formula is C22H31N3O. The largest absolute Gasteiger partial charge is 0.352 e. The van der Waals surface area contributed by atoms with Gasteiger partial charge in [-0.25, -0.2) is 0 Å². The van der Waals surface area contributed by atoms with Crippen LogP contribution in [0.25, 0.3) is 0 Å². The van der Waals surface area contributed by atoms with Crippen molar-refractivity contribution >= 4 is 5.91 Å². The molecule has 2 rings (SSSR count). The van der Waals surface area contributed by atoms with Crippen molar-refractivity contribution in [3.05, 3.63) is 71.8 Å². The summed E-state index contributed by atoms with van der Waals surface area (Å²) in [5, 5.41) is 3.16. The first-order valence-electron chi connectivity index (χ1n) is 9.53. The Morgan fingerprint density at radius 1 is 0.846 bits per heavy atom. The van der Waals surface area contributed by atoms with Crippen LogP contribution in [0, 0.1) is 0 Å². The summed E-state index contributed by atoms with van der Waals surface area (Å²) < 4.78 is 0. The number of benzene rings is 2. The van der Waals surface area contributed by atoms with E-state index < -0.39 is 6.04 Å². The van der Waals surface area contributed by atoms with Crippen LogP contribution in [0.1, 0.15) is 36.8 Å². The summed E-state index contributed by atoms with van der Waals surface area (Å²) >= 11 is 0. The van der Waals surface area contributed by atoms with Crippen LogP contribution < -0.4 is 16.8 Å². The van der Waals surface area contributed by atoms with Crippen molar-refractivity contribution in [2.45, 2.75) is 50.6 Å². The van der Waals surface area contributed by atoms with Crippen LogP contribution in [-0.4, -0.2) is 24.5 Å². The quantitative estimate of drug-likeness (QED) is 0.581. The molecule has 0 fully saturated rings. The zero-order valence-electron chi connectivity index (χ0n) is 15.4. The van der Waals surface area contributed by atoms with E-state index in [-0.39, 0.29) is 11.9 Å². The topological polar surface area (TPSA) is 81.1 Å². The maximum atomic E-state index is 12.4. The van der Waals surface area contributed by atoms with Crippen LogP contribution >= 0.6 is 0 Å². The number of nitrogens with one attached hydrogen (secondary N) is 1. The summed E-state index contributed by atoms with van der Waals surface area (Å²) in [5.74, 6) is -0.0652. The normalized spacial score (nSPS) is 12.1. The first-order valence-corrected chi connectivity index (χ1v) is 9.53. The minimum atomic E-state index is -0.477. The van der Waals surface area contributed by atoms with Crippen molar-refractivity contribution in [3.63, 3.8) is 0 Å². The number of hydrogen-bond acceptors (Lipinski definition) is 3. The molecule has 4 heteroatoms. The monoisotopic (exact) mass is 353 g/mol. The highest BCUT2D eigenvalue weighted by Gasteiger charge is 2.18. The van der Waals surface area contributed by atoms with Crippen molar-refractivity contribution in [3.8, 4) is 0 Å². The van der Waals surface area contributed by atoms with E-state index in [1.165, 1.54) is 11.1 Å². The Labute approximate surface area is 157 Å². The number of hydrogen-bond donors (Lipinski definition) is 3. The molecule has 140 valence electrons. The van der Waals surface area contributed by atoms with Gasteiger partial charge in [0.25, 0.3) is 0 Å². The summed E-state index contributed by atoms with van der Waals surface area (Å²) in [7, 11) is 0. The van der Waals surface area contributed by atoms with Gasteiger partial charge in [0.1, 0.15) is 0 Å². The molecule has 5 N–H and O–H groups in total. The van der Waals surface area contributed by atoms with E-state index in [1.54, 1.807) is 0 Å². The predicted molar refractivity (Wildman–Crippen MR) is 108 cm³/mol. The molecule has 0 heterocycles. The summed E-state index contributed by atoms with van der Waals surface area (Å²) in [5.41, 5.74) is 14.1. The van der Waals surface area contributed by atoms with Crippen molar-refractivity contribution in [2.24, 2.45) is 11.5 Å². The molecule has 0 unspecified atom stereocenters. The van der Waals surface area contributed by atoms with E-state index >= 15 is 0 Å². The Bertz CT molecular complexity index is 587. The van der Waals surface area contributed by atoms with E-state index in [2.05, 4.69) is 53.8 Å². The third kappa shape index (κ3) is 7.38. The standard InChI is InChI=1S/C22H31N3O/c23-17-7-12-21(24)22(26)25-20(15-13-18-8-3-1-4-9-18)16-14-19-10-5-2-6-11-19/h1-6,8-11,20-21H,7,12-17,23-24H2,(H,25,26)/t21-/m0/s1. The lowest BCUT2D eigenvalue weighted by Gasteiger charge is -2.21. The Balaban J connectivity index is 1.92. The average Bonchev–Trinajstić information content (AvgIpc) is 2.69. The molecule has 2 aromatic carbocycles.